The molecule has 2 heteroatoms. The van der Waals surface area contributed by atoms with Crippen LogP contribution in [0, 0.1) is 0 Å². The normalized spacial score (nSPS) is 13.3. The lowest BCUT2D eigenvalue weighted by Crippen LogP contribution is -2.16. The van der Waals surface area contributed by atoms with Crippen LogP contribution in [0.25, 0.3) is 44.2 Å². The van der Waals surface area contributed by atoms with E-state index in [9.17, 15) is 0 Å². The Labute approximate surface area is 240 Å². The third-order valence-electron chi connectivity index (χ3n) is 8.68. The van der Waals surface area contributed by atoms with Crippen LogP contribution in [-0.4, -0.2) is 0 Å². The number of hydrogen-bond acceptors (Lipinski definition) is 2. The zero-order chi connectivity index (χ0) is 27.6. The predicted octanol–water partition coefficient (Wildman–Crippen LogP) is 11.0. The largest absolute Gasteiger partial charge is 0.456 e. The molecular formula is C39H29NO. The minimum absolute atomic E-state index is 0.0739. The van der Waals surface area contributed by atoms with Gasteiger partial charge in [0.2, 0.25) is 0 Å². The van der Waals surface area contributed by atoms with Gasteiger partial charge in [-0.3, -0.25) is 0 Å². The Hall–Kier alpha value is -5.08. The molecule has 6 aromatic carbocycles. The third kappa shape index (κ3) is 3.72. The molecule has 1 aromatic heterocycles. The van der Waals surface area contributed by atoms with Crippen molar-refractivity contribution in [2.45, 2.75) is 19.3 Å². The number of nitrogens with zero attached hydrogens (tertiary/aromatic N) is 1. The molecule has 0 saturated heterocycles. The van der Waals surface area contributed by atoms with E-state index in [0.29, 0.717) is 0 Å². The summed E-state index contributed by atoms with van der Waals surface area (Å²) in [7, 11) is 0. The van der Waals surface area contributed by atoms with Gasteiger partial charge in [0.25, 0.3) is 0 Å². The van der Waals surface area contributed by atoms with Crippen LogP contribution >= 0.6 is 0 Å². The Balaban J connectivity index is 1.31. The van der Waals surface area contributed by atoms with Gasteiger partial charge in [0.1, 0.15) is 11.2 Å². The van der Waals surface area contributed by atoms with E-state index in [1.807, 2.05) is 12.1 Å². The second-order valence-corrected chi connectivity index (χ2v) is 11.4. The van der Waals surface area contributed by atoms with Crippen molar-refractivity contribution in [3.63, 3.8) is 0 Å². The fourth-order valence-electron chi connectivity index (χ4n) is 6.57. The van der Waals surface area contributed by atoms with Crippen LogP contribution < -0.4 is 4.90 Å². The zero-order valence-corrected chi connectivity index (χ0v) is 23.1. The Morgan fingerprint density at radius 3 is 1.93 bits per heavy atom. The summed E-state index contributed by atoms with van der Waals surface area (Å²) >= 11 is 0. The fourth-order valence-corrected chi connectivity index (χ4v) is 6.57. The first kappa shape index (κ1) is 23.8. The van der Waals surface area contributed by atoms with Gasteiger partial charge in [-0.1, -0.05) is 105 Å². The number of para-hydroxylation sites is 1. The van der Waals surface area contributed by atoms with Gasteiger partial charge in [-0.25, -0.2) is 0 Å². The van der Waals surface area contributed by atoms with E-state index in [2.05, 4.69) is 146 Å². The van der Waals surface area contributed by atoms with Gasteiger partial charge in [-0.05, 0) is 81.9 Å². The second-order valence-electron chi connectivity index (χ2n) is 11.4. The molecule has 1 heterocycles. The van der Waals surface area contributed by atoms with E-state index in [-0.39, 0.29) is 5.41 Å². The van der Waals surface area contributed by atoms with Crippen LogP contribution in [0.5, 0.6) is 0 Å². The summed E-state index contributed by atoms with van der Waals surface area (Å²) in [5, 5.41) is 2.26. The number of hydrogen-bond donors (Lipinski definition) is 0. The van der Waals surface area contributed by atoms with Gasteiger partial charge in [0.05, 0.1) is 0 Å². The molecule has 0 amide bonds. The summed E-state index contributed by atoms with van der Waals surface area (Å²) in [6.07, 6.45) is 0. The molecule has 0 saturated carbocycles. The molecule has 1 aliphatic carbocycles. The van der Waals surface area contributed by atoms with E-state index in [1.54, 1.807) is 0 Å². The van der Waals surface area contributed by atoms with Crippen LogP contribution in [0.1, 0.15) is 25.0 Å². The van der Waals surface area contributed by atoms with Gasteiger partial charge in [0.15, 0.2) is 0 Å². The standard InChI is InChI=1S/C39H29NO/c1-39(2)35-14-8-6-12-31(35)32-22-20-30(25-36(32)39)40(28-18-16-27(17-19-28)26-10-4-3-5-11-26)29-21-23-38-34(24-29)33-13-7-9-15-37(33)41-38/h3-25H,1-2H3. The van der Waals surface area contributed by atoms with Gasteiger partial charge in [-0.15, -0.1) is 0 Å². The Kier molecular flexibility index (Phi) is 5.20. The van der Waals surface area contributed by atoms with Gasteiger partial charge < -0.3 is 9.32 Å². The summed E-state index contributed by atoms with van der Waals surface area (Å²) < 4.78 is 6.17. The number of fused-ring (bicyclic) bond motifs is 6. The molecule has 0 unspecified atom stereocenters. The van der Waals surface area contributed by atoms with Crippen molar-refractivity contribution < 1.29 is 4.42 Å². The third-order valence-corrected chi connectivity index (χ3v) is 8.68. The maximum absolute atomic E-state index is 6.17. The average molecular weight is 528 g/mol. The summed E-state index contributed by atoms with van der Waals surface area (Å²) in [5.41, 5.74) is 12.9. The Morgan fingerprint density at radius 1 is 0.463 bits per heavy atom. The van der Waals surface area contributed by atoms with Crippen LogP contribution in [0.15, 0.2) is 144 Å². The summed E-state index contributed by atoms with van der Waals surface area (Å²) in [6.45, 7) is 4.67. The Morgan fingerprint density at radius 2 is 1.07 bits per heavy atom. The molecule has 41 heavy (non-hydrogen) atoms. The summed E-state index contributed by atoms with van der Waals surface area (Å²) in [5.74, 6) is 0. The highest BCUT2D eigenvalue weighted by Gasteiger charge is 2.35. The van der Waals surface area contributed by atoms with E-state index in [1.165, 1.54) is 33.4 Å². The molecule has 0 N–H and O–H groups in total. The van der Waals surface area contributed by atoms with Crippen molar-refractivity contribution in [1.29, 1.82) is 0 Å². The SMILES string of the molecule is CC1(C)c2ccccc2-c2ccc(N(c3ccc(-c4ccccc4)cc3)c3ccc4oc5ccccc5c4c3)cc21. The molecule has 7 aromatic rings. The van der Waals surface area contributed by atoms with Crippen molar-refractivity contribution in [3.05, 3.63) is 151 Å². The molecular weight excluding hydrogens is 498 g/mol. The topological polar surface area (TPSA) is 16.4 Å². The van der Waals surface area contributed by atoms with E-state index in [0.717, 1.165) is 39.0 Å². The van der Waals surface area contributed by atoms with Crippen molar-refractivity contribution in [1.82, 2.24) is 0 Å². The van der Waals surface area contributed by atoms with Gasteiger partial charge in [-0.2, -0.15) is 0 Å². The minimum atomic E-state index is -0.0739. The smallest absolute Gasteiger partial charge is 0.135 e. The van der Waals surface area contributed by atoms with Crippen molar-refractivity contribution in [3.8, 4) is 22.3 Å². The first-order chi connectivity index (χ1) is 20.1. The lowest BCUT2D eigenvalue weighted by molar-refractivity contribution is 0.660. The number of anilines is 3. The number of rotatable bonds is 4. The van der Waals surface area contributed by atoms with Crippen LogP contribution in [0.4, 0.5) is 17.1 Å². The maximum atomic E-state index is 6.17. The quantitative estimate of drug-likeness (QED) is 0.226. The average Bonchev–Trinajstić information content (AvgIpc) is 3.50. The minimum Gasteiger partial charge on any atom is -0.456 e. The lowest BCUT2D eigenvalue weighted by Gasteiger charge is -2.28. The molecule has 0 atom stereocenters. The molecule has 0 radical (unpaired) electrons. The number of benzene rings is 6. The van der Waals surface area contributed by atoms with Crippen LogP contribution in [0.2, 0.25) is 0 Å². The molecule has 196 valence electrons. The second kappa shape index (κ2) is 8.97. The molecule has 0 aliphatic heterocycles. The van der Waals surface area contributed by atoms with Gasteiger partial charge in [0, 0.05) is 33.2 Å². The van der Waals surface area contributed by atoms with Crippen LogP contribution in [0.3, 0.4) is 0 Å². The Bertz CT molecular complexity index is 2070. The summed E-state index contributed by atoms with van der Waals surface area (Å²) in [4.78, 5) is 2.37. The molecule has 0 spiro atoms. The maximum Gasteiger partial charge on any atom is 0.135 e. The first-order valence-electron chi connectivity index (χ1n) is 14.2. The monoisotopic (exact) mass is 527 g/mol. The number of furan rings is 1. The lowest BCUT2D eigenvalue weighted by atomic mass is 9.82. The van der Waals surface area contributed by atoms with Crippen molar-refractivity contribution in [2.24, 2.45) is 0 Å². The predicted molar refractivity (Wildman–Crippen MR) is 171 cm³/mol. The fraction of sp³-hybridized carbons (Fsp3) is 0.0769. The van der Waals surface area contributed by atoms with Crippen molar-refractivity contribution in [2.75, 3.05) is 4.90 Å². The molecule has 1 aliphatic rings. The summed E-state index contributed by atoms with van der Waals surface area (Å²) in [6, 6.07) is 50.0. The molecule has 8 rings (SSSR count). The molecule has 2 nitrogen and oxygen atoms in total. The van der Waals surface area contributed by atoms with Crippen LogP contribution in [-0.2, 0) is 5.41 Å². The van der Waals surface area contributed by atoms with E-state index in [4.69, 9.17) is 4.42 Å². The van der Waals surface area contributed by atoms with Gasteiger partial charge >= 0.3 is 0 Å². The highest BCUT2D eigenvalue weighted by molar-refractivity contribution is 6.06. The highest BCUT2D eigenvalue weighted by atomic mass is 16.3. The van der Waals surface area contributed by atoms with Crippen molar-refractivity contribution >= 4 is 39.0 Å². The highest BCUT2D eigenvalue weighted by Crippen LogP contribution is 2.50. The van der Waals surface area contributed by atoms with E-state index < -0.39 is 0 Å². The molecule has 0 fully saturated rings. The molecule has 0 bridgehead atoms. The van der Waals surface area contributed by atoms with E-state index >= 15 is 0 Å². The first-order valence-corrected chi connectivity index (χ1v) is 14.2. The zero-order valence-electron chi connectivity index (χ0n) is 23.1.